The molecule has 2 aromatic rings. The van der Waals surface area contributed by atoms with E-state index in [-0.39, 0.29) is 6.10 Å². The minimum absolute atomic E-state index is 0.0177. The topological polar surface area (TPSA) is 48.1 Å². The first-order chi connectivity index (χ1) is 8.49. The largest absolute Gasteiger partial charge is 0.375 e. The molecule has 1 aromatic heterocycles. The number of hydrogen-bond acceptors (Lipinski definition) is 4. The molecule has 0 bridgehead atoms. The Balaban J connectivity index is 2.13. The fourth-order valence-electron chi connectivity index (χ4n) is 1.86. The summed E-state index contributed by atoms with van der Waals surface area (Å²) in [6, 6.07) is 10.2. The maximum Gasteiger partial charge on any atom is 0.180 e. The number of nitrogens with zero attached hydrogens (tertiary/aromatic N) is 1. The Kier molecular flexibility index (Phi) is 3.68. The van der Waals surface area contributed by atoms with Crippen LogP contribution in [0.5, 0.6) is 0 Å². The number of aromatic nitrogens is 1. The monoisotopic (exact) mass is 262 g/mol. The summed E-state index contributed by atoms with van der Waals surface area (Å²) >= 11 is 1.44. The summed E-state index contributed by atoms with van der Waals surface area (Å²) in [4.78, 5) is 4.30. The predicted molar refractivity (Wildman–Crippen MR) is 75.5 cm³/mol. The van der Waals surface area contributed by atoms with Gasteiger partial charge in [-0.3, -0.25) is 0 Å². The second kappa shape index (κ2) is 5.08. The molecule has 2 N–H and O–H groups in total. The highest BCUT2D eigenvalue weighted by atomic mass is 32.1. The van der Waals surface area contributed by atoms with E-state index in [1.165, 1.54) is 11.3 Å². The lowest BCUT2D eigenvalue weighted by molar-refractivity contribution is -0.0724. The number of thiazole rings is 1. The second-order valence-electron chi connectivity index (χ2n) is 4.75. The molecule has 0 saturated carbocycles. The van der Waals surface area contributed by atoms with Crippen LogP contribution in [0.15, 0.2) is 35.7 Å². The molecule has 0 radical (unpaired) electrons. The summed E-state index contributed by atoms with van der Waals surface area (Å²) in [5, 5.41) is 2.53. The standard InChI is InChI=1S/C14H18N2OS/c1-10(11-7-5-4-6-8-11)17-14(2,3)12-9-18-13(15)16-12/h4-10H,1-3H3,(H2,15,16). The summed E-state index contributed by atoms with van der Waals surface area (Å²) in [7, 11) is 0. The lowest BCUT2D eigenvalue weighted by atomic mass is 10.0. The SMILES string of the molecule is CC(OC(C)(C)c1csc(N)n1)c1ccccc1. The third-order valence-corrected chi connectivity index (χ3v) is 3.55. The van der Waals surface area contributed by atoms with E-state index in [0.717, 1.165) is 11.3 Å². The van der Waals surface area contributed by atoms with Crippen LogP contribution in [0, 0.1) is 0 Å². The Labute approximate surface area is 112 Å². The van der Waals surface area contributed by atoms with E-state index in [1.54, 1.807) is 0 Å². The molecule has 0 spiro atoms. The minimum atomic E-state index is -0.441. The van der Waals surface area contributed by atoms with Crippen molar-refractivity contribution >= 4 is 16.5 Å². The zero-order valence-corrected chi connectivity index (χ0v) is 11.7. The van der Waals surface area contributed by atoms with Gasteiger partial charge in [0.05, 0.1) is 11.8 Å². The molecular weight excluding hydrogens is 244 g/mol. The fourth-order valence-corrected chi connectivity index (χ4v) is 2.58. The Bertz CT molecular complexity index is 508. The van der Waals surface area contributed by atoms with E-state index < -0.39 is 5.60 Å². The third kappa shape index (κ3) is 2.89. The van der Waals surface area contributed by atoms with E-state index in [9.17, 15) is 0 Å². The van der Waals surface area contributed by atoms with Gasteiger partial charge in [0.25, 0.3) is 0 Å². The Morgan fingerprint density at radius 1 is 1.28 bits per heavy atom. The molecule has 0 aliphatic carbocycles. The van der Waals surface area contributed by atoms with Crippen LogP contribution in [0.4, 0.5) is 5.13 Å². The number of rotatable bonds is 4. The Hall–Kier alpha value is -1.39. The summed E-state index contributed by atoms with van der Waals surface area (Å²) in [5.74, 6) is 0. The number of nitrogens with two attached hydrogens (primary N) is 1. The molecule has 1 aromatic carbocycles. The van der Waals surface area contributed by atoms with E-state index in [1.807, 2.05) is 44.4 Å². The fraction of sp³-hybridized carbons (Fsp3) is 0.357. The van der Waals surface area contributed by atoms with Crippen LogP contribution in [0.3, 0.4) is 0 Å². The van der Waals surface area contributed by atoms with Crippen LogP contribution in [0.2, 0.25) is 0 Å². The van der Waals surface area contributed by atoms with Gasteiger partial charge in [-0.1, -0.05) is 30.3 Å². The Morgan fingerprint density at radius 3 is 2.50 bits per heavy atom. The second-order valence-corrected chi connectivity index (χ2v) is 5.64. The van der Waals surface area contributed by atoms with Crippen molar-refractivity contribution in [3.05, 3.63) is 47.0 Å². The summed E-state index contributed by atoms with van der Waals surface area (Å²) in [6.07, 6.45) is 0.0177. The maximum absolute atomic E-state index is 6.11. The van der Waals surface area contributed by atoms with Crippen molar-refractivity contribution in [1.82, 2.24) is 4.98 Å². The van der Waals surface area contributed by atoms with Crippen molar-refractivity contribution in [3.8, 4) is 0 Å². The number of ether oxygens (including phenoxy) is 1. The first-order valence-electron chi connectivity index (χ1n) is 5.93. The van der Waals surface area contributed by atoms with Gasteiger partial charge in [-0.25, -0.2) is 4.98 Å². The molecule has 0 aliphatic heterocycles. The van der Waals surface area contributed by atoms with Gasteiger partial charge in [0.1, 0.15) is 5.60 Å². The van der Waals surface area contributed by atoms with Crippen molar-refractivity contribution in [2.24, 2.45) is 0 Å². The molecule has 0 amide bonds. The van der Waals surface area contributed by atoms with Gasteiger partial charge in [0.2, 0.25) is 0 Å². The van der Waals surface area contributed by atoms with Crippen molar-refractivity contribution in [1.29, 1.82) is 0 Å². The van der Waals surface area contributed by atoms with Gasteiger partial charge in [0.15, 0.2) is 5.13 Å². The van der Waals surface area contributed by atoms with Gasteiger partial charge in [-0.2, -0.15) is 0 Å². The molecule has 0 aliphatic rings. The molecule has 1 atom stereocenters. The third-order valence-electron chi connectivity index (χ3n) is 2.88. The summed E-state index contributed by atoms with van der Waals surface area (Å²) in [5.41, 5.74) is 7.27. The summed E-state index contributed by atoms with van der Waals surface area (Å²) < 4.78 is 6.11. The van der Waals surface area contributed by atoms with Crippen molar-refractivity contribution in [2.45, 2.75) is 32.5 Å². The molecule has 1 unspecified atom stereocenters. The average Bonchev–Trinajstić information content (AvgIpc) is 2.77. The van der Waals surface area contributed by atoms with Gasteiger partial charge in [0, 0.05) is 5.38 Å². The highest BCUT2D eigenvalue weighted by Gasteiger charge is 2.27. The average molecular weight is 262 g/mol. The molecule has 2 rings (SSSR count). The number of benzene rings is 1. The molecular formula is C14H18N2OS. The van der Waals surface area contributed by atoms with Crippen LogP contribution in [0.25, 0.3) is 0 Å². The zero-order chi connectivity index (χ0) is 13.2. The molecule has 1 heterocycles. The molecule has 96 valence electrons. The quantitative estimate of drug-likeness (QED) is 0.913. The lowest BCUT2D eigenvalue weighted by Crippen LogP contribution is -2.24. The van der Waals surface area contributed by atoms with Crippen LogP contribution in [0.1, 0.15) is 38.1 Å². The molecule has 0 fully saturated rings. The van der Waals surface area contributed by atoms with Crippen LogP contribution in [-0.4, -0.2) is 4.98 Å². The van der Waals surface area contributed by atoms with Gasteiger partial charge >= 0.3 is 0 Å². The van der Waals surface area contributed by atoms with Gasteiger partial charge in [-0.15, -0.1) is 11.3 Å². The van der Waals surface area contributed by atoms with Crippen LogP contribution >= 0.6 is 11.3 Å². The lowest BCUT2D eigenvalue weighted by Gasteiger charge is -2.28. The maximum atomic E-state index is 6.11. The van der Waals surface area contributed by atoms with E-state index in [0.29, 0.717) is 5.13 Å². The highest BCUT2D eigenvalue weighted by molar-refractivity contribution is 7.13. The smallest absolute Gasteiger partial charge is 0.180 e. The van der Waals surface area contributed by atoms with Crippen LogP contribution < -0.4 is 5.73 Å². The van der Waals surface area contributed by atoms with Crippen LogP contribution in [-0.2, 0) is 10.3 Å². The first-order valence-corrected chi connectivity index (χ1v) is 6.81. The number of anilines is 1. The predicted octanol–water partition coefficient (Wildman–Crippen LogP) is 3.74. The normalized spacial score (nSPS) is 13.5. The molecule has 18 heavy (non-hydrogen) atoms. The molecule has 3 nitrogen and oxygen atoms in total. The first kappa shape index (κ1) is 13.1. The molecule has 4 heteroatoms. The van der Waals surface area contributed by atoms with Gasteiger partial charge in [-0.05, 0) is 26.3 Å². The zero-order valence-electron chi connectivity index (χ0n) is 10.9. The molecule has 0 saturated heterocycles. The summed E-state index contributed by atoms with van der Waals surface area (Å²) in [6.45, 7) is 6.08. The number of nitrogen functional groups attached to an aromatic ring is 1. The van der Waals surface area contributed by atoms with Crippen molar-refractivity contribution in [3.63, 3.8) is 0 Å². The Morgan fingerprint density at radius 2 is 1.94 bits per heavy atom. The van der Waals surface area contributed by atoms with Crippen molar-refractivity contribution in [2.75, 3.05) is 5.73 Å². The van der Waals surface area contributed by atoms with Crippen molar-refractivity contribution < 1.29 is 4.74 Å². The van der Waals surface area contributed by atoms with Gasteiger partial charge < -0.3 is 10.5 Å². The number of hydrogen-bond donors (Lipinski definition) is 1. The highest BCUT2D eigenvalue weighted by Crippen LogP contribution is 2.32. The van der Waals surface area contributed by atoms with E-state index >= 15 is 0 Å². The van der Waals surface area contributed by atoms with E-state index in [4.69, 9.17) is 10.5 Å². The van der Waals surface area contributed by atoms with E-state index in [2.05, 4.69) is 17.1 Å². The minimum Gasteiger partial charge on any atom is -0.375 e.